The Hall–Kier alpha value is -2.65. The van der Waals surface area contributed by atoms with E-state index in [4.69, 9.17) is 10.5 Å². The van der Waals surface area contributed by atoms with E-state index in [-0.39, 0.29) is 18.1 Å². The molecule has 10 nitrogen and oxygen atoms in total. The highest BCUT2D eigenvalue weighted by molar-refractivity contribution is 6.19. The van der Waals surface area contributed by atoms with Crippen molar-refractivity contribution in [3.63, 3.8) is 0 Å². The van der Waals surface area contributed by atoms with Gasteiger partial charge in [-0.05, 0) is 46.5 Å². The quantitative estimate of drug-likeness (QED) is 0.619. The number of nitrogens with two attached hydrogens (primary N) is 1. The van der Waals surface area contributed by atoms with Crippen molar-refractivity contribution in [1.82, 2.24) is 10.3 Å². The number of carboxylic acid groups (broad SMARTS) is 1. The van der Waals surface area contributed by atoms with E-state index < -0.39 is 40.7 Å². The smallest absolute Gasteiger partial charge is 0.408 e. The summed E-state index contributed by atoms with van der Waals surface area (Å²) < 4.78 is 5.22. The third-order valence-corrected chi connectivity index (χ3v) is 5.04. The summed E-state index contributed by atoms with van der Waals surface area (Å²) in [5.41, 5.74) is 1.48. The van der Waals surface area contributed by atoms with E-state index in [0.29, 0.717) is 12.7 Å². The van der Waals surface area contributed by atoms with Crippen molar-refractivity contribution in [2.24, 2.45) is 22.7 Å². The number of aldehydes is 1. The number of rotatable bonds is 4. The number of primary amides is 1. The first-order chi connectivity index (χ1) is 12.3. The highest BCUT2D eigenvalue weighted by Gasteiger charge is 2.65. The molecule has 4 N–H and O–H groups in total. The van der Waals surface area contributed by atoms with Crippen LogP contribution in [0.4, 0.5) is 9.59 Å². The van der Waals surface area contributed by atoms with E-state index in [0.717, 1.165) is 5.01 Å². The van der Waals surface area contributed by atoms with Crippen LogP contribution in [0.3, 0.4) is 0 Å². The normalized spacial score (nSPS) is 29.4. The molecule has 0 aromatic carbocycles. The number of hydrazone groups is 1. The van der Waals surface area contributed by atoms with Gasteiger partial charge >= 0.3 is 18.1 Å². The lowest BCUT2D eigenvalue weighted by molar-refractivity contribution is -0.149. The van der Waals surface area contributed by atoms with Crippen LogP contribution >= 0.6 is 0 Å². The molecule has 0 spiro atoms. The second-order valence-electron chi connectivity index (χ2n) is 8.32. The molecule has 0 radical (unpaired) electrons. The van der Waals surface area contributed by atoms with E-state index in [1.54, 1.807) is 20.8 Å². The lowest BCUT2D eigenvalue weighted by Gasteiger charge is -2.54. The molecule has 1 saturated carbocycles. The van der Waals surface area contributed by atoms with Gasteiger partial charge < -0.3 is 25.7 Å². The fourth-order valence-electron chi connectivity index (χ4n) is 3.89. The predicted molar refractivity (Wildman–Crippen MR) is 95.0 cm³/mol. The van der Waals surface area contributed by atoms with Gasteiger partial charge in [0.1, 0.15) is 17.4 Å². The molecule has 10 heteroatoms. The number of urea groups is 1. The van der Waals surface area contributed by atoms with Gasteiger partial charge in [0.2, 0.25) is 5.54 Å². The number of aliphatic carboxylic acids is 1. The van der Waals surface area contributed by atoms with Gasteiger partial charge in [-0.2, -0.15) is 10.1 Å². The zero-order chi connectivity index (χ0) is 20.8. The number of alkyl carbamates (subject to hydrolysis) is 1. The van der Waals surface area contributed by atoms with Gasteiger partial charge in [0, 0.05) is 5.92 Å². The molecule has 1 unspecified atom stereocenters. The molecule has 0 bridgehead atoms. The fraction of sp³-hybridized carbons (Fsp3) is 0.706. The summed E-state index contributed by atoms with van der Waals surface area (Å²) in [6, 6.07) is -0.984. The minimum atomic E-state index is -1.69. The largest absolute Gasteiger partial charge is 0.479 e. The van der Waals surface area contributed by atoms with Crippen molar-refractivity contribution < 1.29 is 29.0 Å². The number of nitrogens with zero attached hydrogens (tertiary/aromatic N) is 2. The van der Waals surface area contributed by atoms with Crippen LogP contribution < -0.4 is 11.1 Å². The van der Waals surface area contributed by atoms with Gasteiger partial charge in [-0.25, -0.2) is 14.4 Å². The van der Waals surface area contributed by atoms with Crippen LogP contribution in [0.25, 0.3) is 0 Å². The molecule has 1 heterocycles. The average molecular weight is 382 g/mol. The zero-order valence-corrected chi connectivity index (χ0v) is 16.1. The van der Waals surface area contributed by atoms with Crippen molar-refractivity contribution in [3.05, 3.63) is 0 Å². The number of carbonyl (C=O) groups is 4. The maximum Gasteiger partial charge on any atom is 0.408 e. The monoisotopic (exact) mass is 382 g/mol. The first-order valence-corrected chi connectivity index (χ1v) is 8.68. The van der Waals surface area contributed by atoms with Crippen LogP contribution in [0, 0.1) is 11.8 Å². The summed E-state index contributed by atoms with van der Waals surface area (Å²) in [4.78, 5) is 47.8. The summed E-state index contributed by atoms with van der Waals surface area (Å²) >= 11 is 0. The van der Waals surface area contributed by atoms with E-state index in [9.17, 15) is 24.3 Å². The SMILES string of the molecule is CC1CC[C@@]2(C(=O)O)C(=NN2C(N)=O)[C@@H]1[C@](C)(C=O)NC(=O)OC(C)(C)C. The average Bonchev–Trinajstić information content (AvgIpc) is 2.46. The van der Waals surface area contributed by atoms with Crippen molar-refractivity contribution in [2.45, 2.75) is 64.1 Å². The molecule has 0 aromatic heterocycles. The first-order valence-electron chi connectivity index (χ1n) is 8.68. The Balaban J connectivity index is 2.43. The van der Waals surface area contributed by atoms with E-state index in [1.807, 2.05) is 6.92 Å². The van der Waals surface area contributed by atoms with Crippen molar-refractivity contribution >= 4 is 30.1 Å². The Bertz CT molecular complexity index is 715. The summed E-state index contributed by atoms with van der Waals surface area (Å²) in [5.74, 6) is -2.17. The number of fused-ring (bicyclic) bond motifs is 1. The van der Waals surface area contributed by atoms with E-state index >= 15 is 0 Å². The molecule has 27 heavy (non-hydrogen) atoms. The molecule has 4 atom stereocenters. The number of nitrogens with one attached hydrogen (secondary N) is 1. The predicted octanol–water partition coefficient (Wildman–Crippen LogP) is 1.09. The molecule has 1 fully saturated rings. The summed E-state index contributed by atoms with van der Waals surface area (Å²) in [6.07, 6.45) is 0.274. The van der Waals surface area contributed by atoms with Crippen LogP contribution in [0.1, 0.15) is 47.5 Å². The number of amides is 3. The number of carboxylic acids is 1. The van der Waals surface area contributed by atoms with Crippen LogP contribution in [-0.2, 0) is 14.3 Å². The summed E-state index contributed by atoms with van der Waals surface area (Å²) in [7, 11) is 0. The van der Waals surface area contributed by atoms with Crippen molar-refractivity contribution in [1.29, 1.82) is 0 Å². The Kier molecular flexibility index (Phi) is 4.98. The molecule has 1 aliphatic carbocycles. The highest BCUT2D eigenvalue weighted by Crippen LogP contribution is 2.47. The van der Waals surface area contributed by atoms with Gasteiger partial charge in [0.05, 0.1) is 5.71 Å². The molecule has 0 aromatic rings. The minimum Gasteiger partial charge on any atom is -0.479 e. The van der Waals surface area contributed by atoms with Crippen molar-refractivity contribution in [2.75, 3.05) is 0 Å². The molecule has 3 amide bonds. The maximum atomic E-state index is 12.2. The number of hydrogen-bond acceptors (Lipinski definition) is 6. The fourth-order valence-corrected chi connectivity index (χ4v) is 3.89. The Morgan fingerprint density at radius 1 is 1.37 bits per heavy atom. The van der Waals surface area contributed by atoms with E-state index in [1.165, 1.54) is 6.92 Å². The van der Waals surface area contributed by atoms with E-state index in [2.05, 4.69) is 10.4 Å². The number of ether oxygens (including phenoxy) is 1. The molecular weight excluding hydrogens is 356 g/mol. The third-order valence-electron chi connectivity index (χ3n) is 5.04. The number of hydrogen-bond donors (Lipinski definition) is 3. The lowest BCUT2D eigenvalue weighted by Crippen LogP contribution is -2.75. The molecule has 0 saturated heterocycles. The zero-order valence-electron chi connectivity index (χ0n) is 16.1. The second kappa shape index (κ2) is 6.50. The standard InChI is InChI=1S/C17H26N4O6/c1-9-6-7-17(12(23)24)11(20-21(17)13(18)25)10(9)16(5,8-22)19-14(26)27-15(2,3)4/h8-10H,6-7H2,1-5H3,(H2,18,25)(H,19,26)(H,23,24)/t9?,10-,16+,17+/m1/s1. The van der Waals surface area contributed by atoms with Crippen LogP contribution in [-0.4, -0.2) is 56.9 Å². The second-order valence-corrected chi connectivity index (χ2v) is 8.32. The lowest BCUT2D eigenvalue weighted by atomic mass is 9.61. The van der Waals surface area contributed by atoms with Gasteiger partial charge in [-0.15, -0.1) is 0 Å². The first kappa shape index (κ1) is 20.7. The maximum absolute atomic E-state index is 12.2. The molecule has 2 rings (SSSR count). The number of carbonyl (C=O) groups excluding carboxylic acids is 3. The topological polar surface area (TPSA) is 151 Å². The van der Waals surface area contributed by atoms with Gasteiger partial charge in [-0.1, -0.05) is 6.92 Å². The molecule has 2 aliphatic rings. The van der Waals surface area contributed by atoms with Crippen LogP contribution in [0.2, 0.25) is 0 Å². The molecule has 1 aliphatic heterocycles. The Labute approximate surface area is 157 Å². The third kappa shape index (κ3) is 3.35. The molecule has 150 valence electrons. The van der Waals surface area contributed by atoms with Gasteiger partial charge in [-0.3, -0.25) is 0 Å². The minimum absolute atomic E-state index is 0.128. The summed E-state index contributed by atoms with van der Waals surface area (Å²) in [5, 5.41) is 17.1. The molecular formula is C17H26N4O6. The summed E-state index contributed by atoms with van der Waals surface area (Å²) in [6.45, 7) is 8.38. The Morgan fingerprint density at radius 3 is 2.41 bits per heavy atom. The van der Waals surface area contributed by atoms with Crippen LogP contribution in [0.15, 0.2) is 5.10 Å². The van der Waals surface area contributed by atoms with Crippen molar-refractivity contribution in [3.8, 4) is 0 Å². The van der Waals surface area contributed by atoms with Gasteiger partial charge in [0.15, 0.2) is 0 Å². The van der Waals surface area contributed by atoms with Gasteiger partial charge in [0.25, 0.3) is 0 Å². The van der Waals surface area contributed by atoms with Crippen LogP contribution in [0.5, 0.6) is 0 Å². The Morgan fingerprint density at radius 2 is 1.96 bits per heavy atom. The highest BCUT2D eigenvalue weighted by atomic mass is 16.6.